The summed E-state index contributed by atoms with van der Waals surface area (Å²) < 4.78 is 0. The second-order valence-electron chi connectivity index (χ2n) is 2.87. The summed E-state index contributed by atoms with van der Waals surface area (Å²) in [7, 11) is 0. The SMILES string of the molecule is OC1CCC1O.OCCCCO. The normalized spacial score (nSPS) is 27.0. The molecular weight excluding hydrogens is 160 g/mol. The zero-order valence-electron chi connectivity index (χ0n) is 7.19. The minimum atomic E-state index is -0.412. The highest BCUT2D eigenvalue weighted by molar-refractivity contribution is 4.77. The van der Waals surface area contributed by atoms with Crippen LogP contribution in [0.25, 0.3) is 0 Å². The summed E-state index contributed by atoms with van der Waals surface area (Å²) in [6.45, 7) is 0.390. The number of rotatable bonds is 3. The van der Waals surface area contributed by atoms with Crippen LogP contribution in [0.3, 0.4) is 0 Å². The summed E-state index contributed by atoms with van der Waals surface area (Å²) in [5.74, 6) is 0. The predicted octanol–water partition coefficient (Wildman–Crippen LogP) is -0.747. The second kappa shape index (κ2) is 7.49. The molecule has 4 heteroatoms. The predicted molar refractivity (Wildman–Crippen MR) is 44.7 cm³/mol. The van der Waals surface area contributed by atoms with Crippen molar-refractivity contribution in [1.82, 2.24) is 0 Å². The molecule has 12 heavy (non-hydrogen) atoms. The average Bonchev–Trinajstić information content (AvgIpc) is 2.12. The number of aliphatic hydroxyl groups excluding tert-OH is 4. The van der Waals surface area contributed by atoms with Crippen LogP contribution in [-0.4, -0.2) is 45.8 Å². The highest BCUT2D eigenvalue weighted by Crippen LogP contribution is 2.18. The van der Waals surface area contributed by atoms with Crippen molar-refractivity contribution in [1.29, 1.82) is 0 Å². The van der Waals surface area contributed by atoms with Crippen LogP contribution in [0.15, 0.2) is 0 Å². The van der Waals surface area contributed by atoms with E-state index < -0.39 is 12.2 Å². The van der Waals surface area contributed by atoms with Gasteiger partial charge < -0.3 is 20.4 Å². The van der Waals surface area contributed by atoms with Crippen molar-refractivity contribution in [2.24, 2.45) is 0 Å². The summed E-state index contributed by atoms with van der Waals surface area (Å²) in [5, 5.41) is 33.1. The molecule has 1 fully saturated rings. The Hall–Kier alpha value is -0.160. The Balaban J connectivity index is 0.000000202. The van der Waals surface area contributed by atoms with Crippen molar-refractivity contribution < 1.29 is 20.4 Å². The molecule has 0 bridgehead atoms. The first-order chi connectivity index (χ1) is 5.72. The van der Waals surface area contributed by atoms with E-state index in [0.717, 1.165) is 25.7 Å². The molecule has 0 spiro atoms. The maximum atomic E-state index is 8.47. The Morgan fingerprint density at radius 1 is 0.833 bits per heavy atom. The molecule has 0 amide bonds. The Kier molecular flexibility index (Phi) is 7.39. The monoisotopic (exact) mass is 178 g/mol. The topological polar surface area (TPSA) is 80.9 Å². The van der Waals surface area contributed by atoms with E-state index in [9.17, 15) is 0 Å². The van der Waals surface area contributed by atoms with Gasteiger partial charge in [-0.25, -0.2) is 0 Å². The van der Waals surface area contributed by atoms with Gasteiger partial charge in [0.25, 0.3) is 0 Å². The fourth-order valence-electron chi connectivity index (χ4n) is 0.688. The molecule has 0 heterocycles. The van der Waals surface area contributed by atoms with Gasteiger partial charge >= 0.3 is 0 Å². The van der Waals surface area contributed by atoms with Crippen molar-refractivity contribution in [2.75, 3.05) is 13.2 Å². The van der Waals surface area contributed by atoms with E-state index >= 15 is 0 Å². The minimum absolute atomic E-state index is 0.195. The third kappa shape index (κ3) is 5.49. The van der Waals surface area contributed by atoms with Gasteiger partial charge in [-0.15, -0.1) is 0 Å². The lowest BCUT2D eigenvalue weighted by molar-refractivity contribution is -0.0519. The lowest BCUT2D eigenvalue weighted by Crippen LogP contribution is -2.35. The van der Waals surface area contributed by atoms with E-state index in [4.69, 9.17) is 20.4 Å². The van der Waals surface area contributed by atoms with E-state index in [2.05, 4.69) is 0 Å². The number of hydrogen-bond acceptors (Lipinski definition) is 4. The molecule has 1 rings (SSSR count). The van der Waals surface area contributed by atoms with Gasteiger partial charge in [-0.05, 0) is 25.7 Å². The van der Waals surface area contributed by atoms with E-state index in [1.165, 1.54) is 0 Å². The van der Waals surface area contributed by atoms with Gasteiger partial charge in [0.2, 0.25) is 0 Å². The molecule has 1 aliphatic carbocycles. The summed E-state index contributed by atoms with van der Waals surface area (Å²) in [6, 6.07) is 0. The van der Waals surface area contributed by atoms with E-state index in [1.807, 2.05) is 0 Å². The van der Waals surface area contributed by atoms with Crippen molar-refractivity contribution in [3.63, 3.8) is 0 Å². The molecule has 74 valence electrons. The van der Waals surface area contributed by atoms with Crippen LogP contribution < -0.4 is 0 Å². The van der Waals surface area contributed by atoms with Gasteiger partial charge in [-0.1, -0.05) is 0 Å². The number of unbranched alkanes of at least 4 members (excludes halogenated alkanes) is 1. The first-order valence-corrected chi connectivity index (χ1v) is 4.30. The Morgan fingerprint density at radius 2 is 1.17 bits per heavy atom. The molecule has 2 unspecified atom stereocenters. The Bertz CT molecular complexity index is 85.1. The highest BCUT2D eigenvalue weighted by atomic mass is 16.3. The summed E-state index contributed by atoms with van der Waals surface area (Å²) in [5.41, 5.74) is 0. The third-order valence-corrected chi connectivity index (χ3v) is 1.77. The zero-order valence-corrected chi connectivity index (χ0v) is 7.19. The zero-order chi connectivity index (χ0) is 9.40. The molecule has 1 aliphatic rings. The molecule has 1 saturated carbocycles. The lowest BCUT2D eigenvalue weighted by atomic mass is 9.93. The van der Waals surface area contributed by atoms with Crippen LogP contribution in [0.5, 0.6) is 0 Å². The fraction of sp³-hybridized carbons (Fsp3) is 1.00. The maximum absolute atomic E-state index is 8.47. The van der Waals surface area contributed by atoms with Crippen LogP contribution in [0, 0.1) is 0 Å². The van der Waals surface area contributed by atoms with Gasteiger partial charge in [0.05, 0.1) is 12.2 Å². The van der Waals surface area contributed by atoms with Gasteiger partial charge in [0, 0.05) is 13.2 Å². The van der Waals surface area contributed by atoms with Crippen molar-refractivity contribution >= 4 is 0 Å². The van der Waals surface area contributed by atoms with Crippen LogP contribution in [0.4, 0.5) is 0 Å². The fourth-order valence-corrected chi connectivity index (χ4v) is 0.688. The molecule has 0 aromatic heterocycles. The van der Waals surface area contributed by atoms with Crippen molar-refractivity contribution in [2.45, 2.75) is 37.9 Å². The third-order valence-electron chi connectivity index (χ3n) is 1.77. The molecule has 0 aromatic rings. The van der Waals surface area contributed by atoms with Crippen LogP contribution >= 0.6 is 0 Å². The van der Waals surface area contributed by atoms with E-state index in [0.29, 0.717) is 0 Å². The quantitative estimate of drug-likeness (QED) is 0.429. The lowest BCUT2D eigenvalue weighted by Gasteiger charge is -2.26. The Morgan fingerprint density at radius 3 is 1.25 bits per heavy atom. The minimum Gasteiger partial charge on any atom is -0.396 e. The molecule has 4 nitrogen and oxygen atoms in total. The Labute approximate surface area is 72.5 Å². The molecule has 0 saturated heterocycles. The maximum Gasteiger partial charge on any atom is 0.0800 e. The van der Waals surface area contributed by atoms with E-state index in [-0.39, 0.29) is 13.2 Å². The summed E-state index contributed by atoms with van der Waals surface area (Å²) in [6.07, 6.45) is 2.17. The van der Waals surface area contributed by atoms with Crippen LogP contribution in [-0.2, 0) is 0 Å². The van der Waals surface area contributed by atoms with Gasteiger partial charge in [-0.3, -0.25) is 0 Å². The average molecular weight is 178 g/mol. The highest BCUT2D eigenvalue weighted by Gasteiger charge is 2.25. The van der Waals surface area contributed by atoms with Crippen LogP contribution in [0.1, 0.15) is 25.7 Å². The van der Waals surface area contributed by atoms with Gasteiger partial charge in [0.15, 0.2) is 0 Å². The first kappa shape index (κ1) is 11.8. The molecule has 0 radical (unpaired) electrons. The molecular formula is C8H18O4. The standard InChI is InChI=1S/C4H8O2.C4H10O2/c5-3-1-2-4(3)6;5-3-1-2-4-6/h3-6H,1-2H2;5-6H,1-4H2. The number of hydrogen-bond donors (Lipinski definition) is 4. The van der Waals surface area contributed by atoms with Gasteiger partial charge in [-0.2, -0.15) is 0 Å². The molecule has 0 aromatic carbocycles. The van der Waals surface area contributed by atoms with E-state index in [1.54, 1.807) is 0 Å². The first-order valence-electron chi connectivity index (χ1n) is 4.30. The smallest absolute Gasteiger partial charge is 0.0800 e. The molecule has 4 N–H and O–H groups in total. The van der Waals surface area contributed by atoms with Gasteiger partial charge in [0.1, 0.15) is 0 Å². The largest absolute Gasteiger partial charge is 0.396 e. The molecule has 2 atom stereocenters. The summed E-state index contributed by atoms with van der Waals surface area (Å²) >= 11 is 0. The number of aliphatic hydroxyl groups is 4. The second-order valence-corrected chi connectivity index (χ2v) is 2.87. The van der Waals surface area contributed by atoms with Crippen LogP contribution in [0.2, 0.25) is 0 Å². The van der Waals surface area contributed by atoms with Crippen molar-refractivity contribution in [3.05, 3.63) is 0 Å². The molecule has 0 aliphatic heterocycles. The summed E-state index contributed by atoms with van der Waals surface area (Å²) in [4.78, 5) is 0. The van der Waals surface area contributed by atoms with Crippen molar-refractivity contribution in [3.8, 4) is 0 Å².